The molecule has 0 aromatic carbocycles. The number of ether oxygens (including phenoxy) is 1. The molecule has 102 valence electrons. The SMILES string of the molecule is Cc1nc(CN(C)c2ccc(OC(F)F)cn2)no1. The van der Waals surface area contributed by atoms with E-state index in [2.05, 4.69) is 19.9 Å². The molecule has 0 aliphatic carbocycles. The third-order valence-electron chi connectivity index (χ3n) is 2.29. The number of aryl methyl sites for hydroxylation is 1. The van der Waals surface area contributed by atoms with Crippen molar-refractivity contribution in [2.75, 3.05) is 11.9 Å². The molecule has 0 saturated heterocycles. The monoisotopic (exact) mass is 270 g/mol. The van der Waals surface area contributed by atoms with Crippen LogP contribution in [-0.4, -0.2) is 28.8 Å². The van der Waals surface area contributed by atoms with Crippen LogP contribution >= 0.6 is 0 Å². The lowest BCUT2D eigenvalue weighted by molar-refractivity contribution is -0.0500. The van der Waals surface area contributed by atoms with E-state index >= 15 is 0 Å². The van der Waals surface area contributed by atoms with E-state index in [0.29, 0.717) is 24.1 Å². The van der Waals surface area contributed by atoms with Crippen molar-refractivity contribution >= 4 is 5.82 Å². The molecule has 8 heteroatoms. The minimum absolute atomic E-state index is 0.0163. The quantitative estimate of drug-likeness (QED) is 0.828. The first-order chi connectivity index (χ1) is 9.04. The average Bonchev–Trinajstić information content (AvgIpc) is 2.75. The van der Waals surface area contributed by atoms with Gasteiger partial charge in [-0.15, -0.1) is 0 Å². The zero-order valence-corrected chi connectivity index (χ0v) is 10.4. The van der Waals surface area contributed by atoms with Gasteiger partial charge < -0.3 is 14.2 Å². The molecule has 0 saturated carbocycles. The first kappa shape index (κ1) is 13.2. The summed E-state index contributed by atoms with van der Waals surface area (Å²) in [7, 11) is 1.78. The highest BCUT2D eigenvalue weighted by atomic mass is 19.3. The Morgan fingerprint density at radius 3 is 2.74 bits per heavy atom. The maximum atomic E-state index is 12.0. The van der Waals surface area contributed by atoms with Crippen LogP contribution in [0, 0.1) is 6.92 Å². The second kappa shape index (κ2) is 5.59. The van der Waals surface area contributed by atoms with Crippen LogP contribution in [0.2, 0.25) is 0 Å². The van der Waals surface area contributed by atoms with E-state index < -0.39 is 6.61 Å². The lowest BCUT2D eigenvalue weighted by atomic mass is 10.4. The van der Waals surface area contributed by atoms with Crippen LogP contribution in [0.25, 0.3) is 0 Å². The Balaban J connectivity index is 2.01. The van der Waals surface area contributed by atoms with Crippen LogP contribution in [0.1, 0.15) is 11.7 Å². The Bertz CT molecular complexity index is 530. The molecule has 2 aromatic rings. The number of pyridine rings is 1. The van der Waals surface area contributed by atoms with E-state index in [4.69, 9.17) is 4.52 Å². The predicted octanol–water partition coefficient (Wildman–Crippen LogP) is 2.01. The maximum Gasteiger partial charge on any atom is 0.387 e. The molecule has 0 radical (unpaired) electrons. The summed E-state index contributed by atoms with van der Waals surface area (Å²) in [6, 6.07) is 3.00. The molecule has 0 fully saturated rings. The lowest BCUT2D eigenvalue weighted by Gasteiger charge is -2.16. The number of alkyl halides is 2. The van der Waals surface area contributed by atoms with E-state index in [-0.39, 0.29) is 5.75 Å². The molecule has 0 aliphatic rings. The summed E-state index contributed by atoms with van der Waals surface area (Å²) < 4.78 is 33.0. The van der Waals surface area contributed by atoms with Crippen molar-refractivity contribution < 1.29 is 18.0 Å². The standard InChI is InChI=1S/C11H12F2N4O2/c1-7-15-9(16-19-7)6-17(2)10-4-3-8(5-14-10)18-11(12)13/h3-5,11H,6H2,1-2H3. The number of anilines is 1. The van der Waals surface area contributed by atoms with Gasteiger partial charge in [-0.1, -0.05) is 5.16 Å². The van der Waals surface area contributed by atoms with Crippen molar-refractivity contribution in [2.24, 2.45) is 0 Å². The molecule has 0 atom stereocenters. The molecule has 0 spiro atoms. The minimum Gasteiger partial charge on any atom is -0.433 e. The second-order valence-corrected chi connectivity index (χ2v) is 3.82. The minimum atomic E-state index is -2.85. The van der Waals surface area contributed by atoms with Crippen LogP contribution in [-0.2, 0) is 6.54 Å². The van der Waals surface area contributed by atoms with Gasteiger partial charge in [-0.05, 0) is 12.1 Å². The molecular formula is C11H12F2N4O2. The molecule has 0 bridgehead atoms. The molecule has 2 heterocycles. The van der Waals surface area contributed by atoms with Gasteiger partial charge in [0.15, 0.2) is 5.82 Å². The fourth-order valence-electron chi connectivity index (χ4n) is 1.47. The number of rotatable bonds is 5. The Hall–Kier alpha value is -2.25. The van der Waals surface area contributed by atoms with Gasteiger partial charge >= 0.3 is 6.61 Å². The fourth-order valence-corrected chi connectivity index (χ4v) is 1.47. The van der Waals surface area contributed by atoms with Crippen LogP contribution in [0.4, 0.5) is 14.6 Å². The lowest BCUT2D eigenvalue weighted by Crippen LogP contribution is -2.18. The smallest absolute Gasteiger partial charge is 0.387 e. The average molecular weight is 270 g/mol. The van der Waals surface area contributed by atoms with Gasteiger partial charge in [-0.25, -0.2) is 4.98 Å². The summed E-state index contributed by atoms with van der Waals surface area (Å²) >= 11 is 0. The first-order valence-electron chi connectivity index (χ1n) is 5.46. The molecule has 0 amide bonds. The summed E-state index contributed by atoms with van der Waals surface area (Å²) in [5.74, 6) is 1.61. The highest BCUT2D eigenvalue weighted by Crippen LogP contribution is 2.17. The number of hydrogen-bond acceptors (Lipinski definition) is 6. The van der Waals surface area contributed by atoms with E-state index in [1.54, 1.807) is 24.9 Å². The van der Waals surface area contributed by atoms with Gasteiger partial charge in [0.25, 0.3) is 0 Å². The van der Waals surface area contributed by atoms with Crippen LogP contribution in [0.15, 0.2) is 22.9 Å². The zero-order valence-electron chi connectivity index (χ0n) is 10.4. The molecular weight excluding hydrogens is 258 g/mol. The van der Waals surface area contributed by atoms with Crippen molar-refractivity contribution in [3.63, 3.8) is 0 Å². The summed E-state index contributed by atoms with van der Waals surface area (Å²) in [5, 5.41) is 3.76. The molecule has 0 aliphatic heterocycles. The van der Waals surface area contributed by atoms with Crippen molar-refractivity contribution in [3.8, 4) is 5.75 Å². The predicted molar refractivity (Wildman–Crippen MR) is 62.0 cm³/mol. The highest BCUT2D eigenvalue weighted by molar-refractivity contribution is 5.39. The zero-order chi connectivity index (χ0) is 13.8. The Labute approximate surface area is 108 Å². The van der Waals surface area contributed by atoms with Crippen LogP contribution < -0.4 is 9.64 Å². The van der Waals surface area contributed by atoms with E-state index in [0.717, 1.165) is 0 Å². The van der Waals surface area contributed by atoms with E-state index in [1.807, 2.05) is 0 Å². The molecule has 2 aromatic heterocycles. The summed E-state index contributed by atoms with van der Waals surface area (Å²) in [6.07, 6.45) is 1.24. The van der Waals surface area contributed by atoms with Crippen LogP contribution in [0.5, 0.6) is 5.75 Å². The van der Waals surface area contributed by atoms with Gasteiger partial charge in [-0.3, -0.25) is 0 Å². The number of aromatic nitrogens is 3. The van der Waals surface area contributed by atoms with Crippen LogP contribution in [0.3, 0.4) is 0 Å². The Morgan fingerprint density at radius 2 is 2.21 bits per heavy atom. The topological polar surface area (TPSA) is 64.3 Å². The van der Waals surface area contributed by atoms with E-state index in [1.165, 1.54) is 12.3 Å². The molecule has 2 rings (SSSR count). The van der Waals surface area contributed by atoms with Gasteiger partial charge in [0.2, 0.25) is 5.89 Å². The maximum absolute atomic E-state index is 12.0. The molecule has 6 nitrogen and oxygen atoms in total. The number of hydrogen-bond donors (Lipinski definition) is 0. The van der Waals surface area contributed by atoms with Crippen molar-refractivity contribution in [3.05, 3.63) is 30.0 Å². The molecule has 0 N–H and O–H groups in total. The Morgan fingerprint density at radius 1 is 1.42 bits per heavy atom. The summed E-state index contributed by atoms with van der Waals surface area (Å²) in [4.78, 5) is 9.84. The largest absolute Gasteiger partial charge is 0.433 e. The first-order valence-corrected chi connectivity index (χ1v) is 5.46. The van der Waals surface area contributed by atoms with Crippen molar-refractivity contribution in [1.82, 2.24) is 15.1 Å². The number of nitrogens with zero attached hydrogens (tertiary/aromatic N) is 4. The normalized spacial score (nSPS) is 10.8. The fraction of sp³-hybridized carbons (Fsp3) is 0.364. The van der Waals surface area contributed by atoms with Gasteiger partial charge in [-0.2, -0.15) is 13.8 Å². The Kier molecular flexibility index (Phi) is 3.88. The van der Waals surface area contributed by atoms with Gasteiger partial charge in [0, 0.05) is 14.0 Å². The second-order valence-electron chi connectivity index (χ2n) is 3.82. The van der Waals surface area contributed by atoms with Crippen molar-refractivity contribution in [1.29, 1.82) is 0 Å². The summed E-state index contributed by atoms with van der Waals surface area (Å²) in [5.41, 5.74) is 0. The van der Waals surface area contributed by atoms with Gasteiger partial charge in [0.05, 0.1) is 12.7 Å². The number of halogens is 2. The molecule has 0 unspecified atom stereocenters. The van der Waals surface area contributed by atoms with Crippen molar-refractivity contribution in [2.45, 2.75) is 20.1 Å². The van der Waals surface area contributed by atoms with Gasteiger partial charge in [0.1, 0.15) is 11.6 Å². The molecule has 19 heavy (non-hydrogen) atoms. The third-order valence-corrected chi connectivity index (χ3v) is 2.29. The summed E-state index contributed by atoms with van der Waals surface area (Å²) in [6.45, 7) is -0.752. The van der Waals surface area contributed by atoms with E-state index in [9.17, 15) is 8.78 Å². The third kappa shape index (κ3) is 3.60. The highest BCUT2D eigenvalue weighted by Gasteiger charge is 2.09.